The van der Waals surface area contributed by atoms with Gasteiger partial charge in [-0.1, -0.05) is 0 Å². The standard InChI is InChI=1S/C11H10FNO3/c1-7-4-9-10(16-3-2-15-9)5-8(7)11(12)13-6-14/h4-5,11H,2-3H2,1H3. The summed E-state index contributed by atoms with van der Waals surface area (Å²) in [7, 11) is 0. The number of rotatable bonds is 2. The lowest BCUT2D eigenvalue weighted by Gasteiger charge is -2.20. The van der Waals surface area contributed by atoms with Crippen LogP contribution in [-0.4, -0.2) is 19.3 Å². The molecule has 84 valence electrons. The number of ether oxygens (including phenoxy) is 2. The monoisotopic (exact) mass is 223 g/mol. The van der Waals surface area contributed by atoms with Gasteiger partial charge in [0.05, 0.1) is 0 Å². The van der Waals surface area contributed by atoms with E-state index in [1.807, 2.05) is 0 Å². The largest absolute Gasteiger partial charge is 0.486 e. The fourth-order valence-electron chi connectivity index (χ4n) is 1.58. The third kappa shape index (κ3) is 1.90. The zero-order chi connectivity index (χ0) is 11.5. The van der Waals surface area contributed by atoms with E-state index in [0.29, 0.717) is 35.8 Å². The van der Waals surface area contributed by atoms with Crippen LogP contribution in [0.4, 0.5) is 4.39 Å². The summed E-state index contributed by atoms with van der Waals surface area (Å²) in [6.07, 6.45) is -0.499. The zero-order valence-corrected chi connectivity index (χ0v) is 8.70. The van der Waals surface area contributed by atoms with Crippen LogP contribution >= 0.6 is 0 Å². The van der Waals surface area contributed by atoms with Crippen LogP contribution in [0.15, 0.2) is 17.1 Å². The van der Waals surface area contributed by atoms with Gasteiger partial charge in [0.1, 0.15) is 13.2 Å². The van der Waals surface area contributed by atoms with E-state index in [0.717, 1.165) is 0 Å². The molecule has 16 heavy (non-hydrogen) atoms. The van der Waals surface area contributed by atoms with Crippen LogP contribution in [0.3, 0.4) is 0 Å². The van der Waals surface area contributed by atoms with E-state index in [1.54, 1.807) is 13.0 Å². The van der Waals surface area contributed by atoms with Gasteiger partial charge in [-0.15, -0.1) is 0 Å². The second-order valence-corrected chi connectivity index (χ2v) is 3.41. The third-order valence-corrected chi connectivity index (χ3v) is 2.35. The Morgan fingerprint density at radius 1 is 1.38 bits per heavy atom. The number of nitrogens with zero attached hydrogens (tertiary/aromatic N) is 1. The van der Waals surface area contributed by atoms with Gasteiger partial charge >= 0.3 is 0 Å². The van der Waals surface area contributed by atoms with Crippen molar-refractivity contribution in [3.05, 3.63) is 23.3 Å². The minimum atomic E-state index is -1.70. The summed E-state index contributed by atoms with van der Waals surface area (Å²) < 4.78 is 24.1. The van der Waals surface area contributed by atoms with Gasteiger partial charge in [0.25, 0.3) is 0 Å². The van der Waals surface area contributed by atoms with Crippen LogP contribution in [-0.2, 0) is 4.79 Å². The quantitative estimate of drug-likeness (QED) is 0.438. The lowest BCUT2D eigenvalue weighted by atomic mass is 10.1. The number of aryl methyl sites for hydroxylation is 1. The fraction of sp³-hybridized carbons (Fsp3) is 0.364. The predicted octanol–water partition coefficient (Wildman–Crippen LogP) is 2.07. The molecule has 0 spiro atoms. The summed E-state index contributed by atoms with van der Waals surface area (Å²) in [5, 5.41) is 0. The van der Waals surface area contributed by atoms with Gasteiger partial charge in [-0.3, -0.25) is 0 Å². The van der Waals surface area contributed by atoms with Gasteiger partial charge < -0.3 is 9.47 Å². The number of hydrogen-bond acceptors (Lipinski definition) is 4. The highest BCUT2D eigenvalue weighted by Crippen LogP contribution is 2.36. The zero-order valence-electron chi connectivity index (χ0n) is 8.70. The first-order valence-corrected chi connectivity index (χ1v) is 4.83. The molecule has 0 fully saturated rings. The lowest BCUT2D eigenvalue weighted by molar-refractivity contribution is 0.170. The Labute approximate surface area is 91.7 Å². The van der Waals surface area contributed by atoms with E-state index in [9.17, 15) is 9.18 Å². The van der Waals surface area contributed by atoms with Crippen LogP contribution in [0.2, 0.25) is 0 Å². The molecule has 0 amide bonds. The van der Waals surface area contributed by atoms with Gasteiger partial charge in [0, 0.05) is 5.56 Å². The molecule has 0 N–H and O–H groups in total. The van der Waals surface area contributed by atoms with Crippen molar-refractivity contribution in [1.29, 1.82) is 0 Å². The molecule has 0 saturated heterocycles. The predicted molar refractivity (Wildman–Crippen MR) is 54.1 cm³/mol. The van der Waals surface area contributed by atoms with E-state index in [4.69, 9.17) is 9.47 Å². The van der Waals surface area contributed by atoms with Crippen molar-refractivity contribution in [2.45, 2.75) is 13.2 Å². The average molecular weight is 223 g/mol. The maximum absolute atomic E-state index is 13.4. The third-order valence-electron chi connectivity index (χ3n) is 2.35. The lowest BCUT2D eigenvalue weighted by Crippen LogP contribution is -2.15. The van der Waals surface area contributed by atoms with Crippen LogP contribution < -0.4 is 9.47 Å². The molecular formula is C11H10FNO3. The second-order valence-electron chi connectivity index (χ2n) is 3.41. The number of alkyl halides is 1. The molecule has 0 aromatic heterocycles. The second kappa shape index (κ2) is 4.33. The summed E-state index contributed by atoms with van der Waals surface area (Å²) in [4.78, 5) is 13.0. The van der Waals surface area contributed by atoms with Crippen molar-refractivity contribution in [3.63, 3.8) is 0 Å². The molecule has 4 nitrogen and oxygen atoms in total. The average Bonchev–Trinajstić information content (AvgIpc) is 2.28. The Morgan fingerprint density at radius 3 is 2.62 bits per heavy atom. The van der Waals surface area contributed by atoms with Gasteiger partial charge in [0.15, 0.2) is 11.5 Å². The Kier molecular flexibility index (Phi) is 2.88. The first-order chi connectivity index (χ1) is 7.72. The topological polar surface area (TPSA) is 47.9 Å². The Morgan fingerprint density at radius 2 is 2.00 bits per heavy atom. The minimum absolute atomic E-state index is 0.299. The van der Waals surface area contributed by atoms with Crippen molar-refractivity contribution in [2.75, 3.05) is 13.2 Å². The maximum atomic E-state index is 13.4. The summed E-state index contributed by atoms with van der Waals surface area (Å²) in [5.41, 5.74) is 0.961. The molecule has 1 aromatic rings. The number of aliphatic imine (C=N–C) groups is 1. The van der Waals surface area contributed by atoms with E-state index in [-0.39, 0.29) is 0 Å². The normalized spacial score (nSPS) is 15.1. The molecule has 1 aliphatic heterocycles. The van der Waals surface area contributed by atoms with Crippen molar-refractivity contribution in [3.8, 4) is 11.5 Å². The minimum Gasteiger partial charge on any atom is -0.486 e. The molecule has 0 radical (unpaired) electrons. The van der Waals surface area contributed by atoms with Crippen LogP contribution in [0.1, 0.15) is 17.4 Å². The summed E-state index contributed by atoms with van der Waals surface area (Å²) in [6.45, 7) is 2.64. The van der Waals surface area contributed by atoms with Crippen molar-refractivity contribution >= 4 is 6.08 Å². The SMILES string of the molecule is Cc1cc2c(cc1C(F)N=C=O)OCCO2. The smallest absolute Gasteiger partial charge is 0.238 e. The molecule has 5 heteroatoms. The maximum Gasteiger partial charge on any atom is 0.238 e. The molecule has 0 bridgehead atoms. The molecule has 1 aromatic carbocycles. The molecule has 0 saturated carbocycles. The molecule has 2 rings (SSSR count). The van der Waals surface area contributed by atoms with Crippen molar-refractivity contribution in [2.24, 2.45) is 4.99 Å². The number of isocyanates is 1. The number of fused-ring (bicyclic) bond motifs is 1. The first-order valence-electron chi connectivity index (χ1n) is 4.83. The van der Waals surface area contributed by atoms with Crippen LogP contribution in [0.5, 0.6) is 11.5 Å². The number of benzene rings is 1. The van der Waals surface area contributed by atoms with E-state index >= 15 is 0 Å². The highest BCUT2D eigenvalue weighted by atomic mass is 19.1. The number of hydrogen-bond donors (Lipinski definition) is 0. The molecule has 0 aliphatic carbocycles. The molecule has 1 aliphatic rings. The van der Waals surface area contributed by atoms with Gasteiger partial charge in [-0.25, -0.2) is 9.18 Å². The highest BCUT2D eigenvalue weighted by Gasteiger charge is 2.18. The summed E-state index contributed by atoms with van der Waals surface area (Å²) >= 11 is 0. The molecular weight excluding hydrogens is 213 g/mol. The van der Waals surface area contributed by atoms with Gasteiger partial charge in [0.2, 0.25) is 12.4 Å². The molecule has 1 atom stereocenters. The van der Waals surface area contributed by atoms with Gasteiger partial charge in [-0.05, 0) is 24.6 Å². The Balaban J connectivity index is 2.42. The van der Waals surface area contributed by atoms with E-state index < -0.39 is 6.30 Å². The van der Waals surface area contributed by atoms with Crippen molar-refractivity contribution in [1.82, 2.24) is 0 Å². The molecule has 1 heterocycles. The highest BCUT2D eigenvalue weighted by molar-refractivity contribution is 5.49. The Bertz CT molecular complexity index is 455. The van der Waals surface area contributed by atoms with Crippen LogP contribution in [0, 0.1) is 6.92 Å². The Hall–Kier alpha value is -1.87. The fourth-order valence-corrected chi connectivity index (χ4v) is 1.58. The molecule has 1 unspecified atom stereocenters. The van der Waals surface area contributed by atoms with E-state index in [2.05, 4.69) is 4.99 Å². The van der Waals surface area contributed by atoms with Gasteiger partial charge in [-0.2, -0.15) is 4.99 Å². The summed E-state index contributed by atoms with van der Waals surface area (Å²) in [5.74, 6) is 1.07. The van der Waals surface area contributed by atoms with Crippen LogP contribution in [0.25, 0.3) is 0 Å². The summed E-state index contributed by atoms with van der Waals surface area (Å²) in [6, 6.07) is 3.19. The van der Waals surface area contributed by atoms with Crippen molar-refractivity contribution < 1.29 is 18.7 Å². The first kappa shape index (κ1) is 10.6. The van der Waals surface area contributed by atoms with E-state index in [1.165, 1.54) is 12.1 Å². The number of carbonyl (C=O) groups excluding carboxylic acids is 1. The number of halogens is 1.